The fourth-order valence-corrected chi connectivity index (χ4v) is 10.7. The van der Waals surface area contributed by atoms with Crippen molar-refractivity contribution in [2.75, 3.05) is 0 Å². The van der Waals surface area contributed by atoms with Gasteiger partial charge in [0.25, 0.3) is 0 Å². The van der Waals surface area contributed by atoms with Gasteiger partial charge in [0.1, 0.15) is 0 Å². The lowest BCUT2D eigenvalue weighted by molar-refractivity contribution is 0.594. The average Bonchev–Trinajstić information content (AvgIpc) is 3.77. The Morgan fingerprint density at radius 3 is 1.18 bits per heavy atom. The number of para-hydroxylation sites is 3. The minimum atomic E-state index is -4.04. The monoisotopic (exact) mass is 764 g/mol. The Labute approximate surface area is 324 Å². The highest BCUT2D eigenvalue weighted by atomic mass is 32.2. The van der Waals surface area contributed by atoms with Crippen LogP contribution in [0.3, 0.4) is 0 Å². The third-order valence-electron chi connectivity index (χ3n) is 10.6. The predicted octanol–water partition coefficient (Wildman–Crippen LogP) is 11.2. The van der Waals surface area contributed by atoms with Crippen LogP contribution in [0.2, 0.25) is 0 Å². The topological polar surface area (TPSA) is 78.1 Å². The normalized spacial score (nSPS) is 12.2. The van der Waals surface area contributed by atoms with Gasteiger partial charge in [0, 0.05) is 32.9 Å². The Bertz CT molecular complexity index is 3230. The van der Waals surface area contributed by atoms with E-state index in [0.717, 1.165) is 44.2 Å². The van der Waals surface area contributed by atoms with E-state index in [-0.39, 0.29) is 19.6 Å². The van der Waals surface area contributed by atoms with E-state index < -0.39 is 19.7 Å². The van der Waals surface area contributed by atoms with Gasteiger partial charge in [-0.1, -0.05) is 103 Å². The summed E-state index contributed by atoms with van der Waals surface area (Å²) in [6.45, 7) is 0. The minimum Gasteiger partial charge on any atom is -0.309 e. The van der Waals surface area contributed by atoms with E-state index in [1.807, 2.05) is 30.3 Å². The molecule has 0 spiro atoms. The SMILES string of the molecule is O=S(=O)(c1ccccc1)c1cc(-c2ccc(-n3c4ccccc4c4cc(-n5c6ccccc6c6ccccc65)ccc43)cc2)cc(S(=O)(=O)c2ccccc2)c1. The Balaban J connectivity index is 1.11. The van der Waals surface area contributed by atoms with E-state index >= 15 is 0 Å². The summed E-state index contributed by atoms with van der Waals surface area (Å²) in [6.07, 6.45) is 0. The van der Waals surface area contributed by atoms with Gasteiger partial charge in [0.05, 0.1) is 41.6 Å². The first-order valence-corrected chi connectivity index (χ1v) is 21.1. The zero-order chi connectivity index (χ0) is 38.0. The first-order chi connectivity index (χ1) is 27.3. The molecule has 10 aromatic rings. The van der Waals surface area contributed by atoms with Crippen LogP contribution in [0.15, 0.2) is 214 Å². The Morgan fingerprint density at radius 2 is 0.679 bits per heavy atom. The van der Waals surface area contributed by atoms with E-state index in [9.17, 15) is 16.8 Å². The molecule has 8 heteroatoms. The first-order valence-electron chi connectivity index (χ1n) is 18.2. The fourth-order valence-electron chi connectivity index (χ4n) is 7.90. The molecule has 0 fully saturated rings. The van der Waals surface area contributed by atoms with Crippen molar-refractivity contribution in [3.8, 4) is 22.5 Å². The molecule has 0 unspecified atom stereocenters. The number of hydrogen-bond donors (Lipinski definition) is 0. The molecule has 0 atom stereocenters. The molecule has 0 saturated carbocycles. The maximum Gasteiger partial charge on any atom is 0.206 e. The van der Waals surface area contributed by atoms with Crippen LogP contribution in [0, 0.1) is 0 Å². The van der Waals surface area contributed by atoms with Crippen molar-refractivity contribution in [1.82, 2.24) is 9.13 Å². The van der Waals surface area contributed by atoms with Crippen molar-refractivity contribution in [2.24, 2.45) is 0 Å². The lowest BCUT2D eigenvalue weighted by Crippen LogP contribution is -2.07. The maximum absolute atomic E-state index is 13.9. The van der Waals surface area contributed by atoms with Crippen LogP contribution in [0.4, 0.5) is 0 Å². The third kappa shape index (κ3) is 5.37. The minimum absolute atomic E-state index is 0.0863. The quantitative estimate of drug-likeness (QED) is 0.162. The molecule has 2 aromatic heterocycles. The standard InChI is InChI=1S/C48H32N2O4S2/c51-55(52,37-13-3-1-4-14-37)39-29-34(30-40(32-39)56(53,54)38-15-5-2-6-16-38)33-23-25-35(26-24-33)49-47-22-12-9-19-43(47)44-31-36(27-28-48(44)49)50-45-20-10-7-17-41(45)42-18-8-11-21-46(42)50/h1-32H. The second-order valence-electron chi connectivity index (χ2n) is 13.8. The summed E-state index contributed by atoms with van der Waals surface area (Å²) >= 11 is 0. The van der Waals surface area contributed by atoms with Crippen LogP contribution in [-0.4, -0.2) is 26.0 Å². The number of nitrogens with zero attached hydrogens (tertiary/aromatic N) is 2. The average molecular weight is 765 g/mol. The zero-order valence-corrected chi connectivity index (χ0v) is 31.5. The van der Waals surface area contributed by atoms with Gasteiger partial charge in [-0.2, -0.15) is 0 Å². The number of aromatic nitrogens is 2. The highest BCUT2D eigenvalue weighted by molar-refractivity contribution is 7.92. The zero-order valence-electron chi connectivity index (χ0n) is 29.8. The van der Waals surface area contributed by atoms with Gasteiger partial charge in [-0.15, -0.1) is 0 Å². The molecule has 0 aliphatic rings. The molecule has 56 heavy (non-hydrogen) atoms. The van der Waals surface area contributed by atoms with E-state index in [1.54, 1.807) is 48.5 Å². The summed E-state index contributed by atoms with van der Waals surface area (Å²) in [6, 6.07) is 60.2. The summed E-state index contributed by atoms with van der Waals surface area (Å²) in [7, 11) is -8.08. The van der Waals surface area contributed by atoms with Gasteiger partial charge in [-0.3, -0.25) is 0 Å². The Morgan fingerprint density at radius 1 is 0.286 bits per heavy atom. The van der Waals surface area contributed by atoms with Gasteiger partial charge in [0.15, 0.2) is 0 Å². The molecule has 0 N–H and O–H groups in total. The molecule has 6 nitrogen and oxygen atoms in total. The Kier molecular flexibility index (Phi) is 7.81. The van der Waals surface area contributed by atoms with Crippen molar-refractivity contribution in [2.45, 2.75) is 19.6 Å². The van der Waals surface area contributed by atoms with Crippen molar-refractivity contribution in [3.63, 3.8) is 0 Å². The van der Waals surface area contributed by atoms with Crippen LogP contribution in [0.5, 0.6) is 0 Å². The molecule has 0 radical (unpaired) electrons. The molecule has 8 aromatic carbocycles. The molecule has 10 rings (SSSR count). The van der Waals surface area contributed by atoms with Gasteiger partial charge in [-0.25, -0.2) is 16.8 Å². The van der Waals surface area contributed by atoms with Crippen LogP contribution in [-0.2, 0) is 19.7 Å². The van der Waals surface area contributed by atoms with E-state index in [2.05, 4.69) is 94.1 Å². The largest absolute Gasteiger partial charge is 0.309 e. The van der Waals surface area contributed by atoms with E-state index in [0.29, 0.717) is 11.1 Å². The van der Waals surface area contributed by atoms with Gasteiger partial charge in [-0.05, 0) is 102 Å². The van der Waals surface area contributed by atoms with Gasteiger partial charge in [0.2, 0.25) is 19.7 Å². The van der Waals surface area contributed by atoms with Gasteiger partial charge < -0.3 is 9.13 Å². The summed E-state index contributed by atoms with van der Waals surface area (Å²) in [4.78, 5) is -0.0195. The highest BCUT2D eigenvalue weighted by Crippen LogP contribution is 2.38. The molecule has 2 heterocycles. The van der Waals surface area contributed by atoms with Crippen molar-refractivity contribution in [1.29, 1.82) is 0 Å². The molecule has 0 saturated heterocycles. The Hall–Kier alpha value is -6.74. The second-order valence-corrected chi connectivity index (χ2v) is 17.7. The lowest BCUT2D eigenvalue weighted by Gasteiger charge is -2.13. The molecule has 0 amide bonds. The highest BCUT2D eigenvalue weighted by Gasteiger charge is 2.25. The molecule has 0 aliphatic carbocycles. The molecule has 270 valence electrons. The van der Waals surface area contributed by atoms with E-state index in [1.165, 1.54) is 41.1 Å². The number of benzene rings is 8. The van der Waals surface area contributed by atoms with Crippen LogP contribution in [0.25, 0.3) is 66.1 Å². The number of hydrogen-bond acceptors (Lipinski definition) is 4. The van der Waals surface area contributed by atoms with Crippen molar-refractivity contribution < 1.29 is 16.8 Å². The smallest absolute Gasteiger partial charge is 0.206 e. The maximum atomic E-state index is 13.9. The predicted molar refractivity (Wildman–Crippen MR) is 224 cm³/mol. The van der Waals surface area contributed by atoms with Gasteiger partial charge >= 0.3 is 0 Å². The van der Waals surface area contributed by atoms with E-state index in [4.69, 9.17) is 0 Å². The number of sulfone groups is 2. The second kappa shape index (κ2) is 12.9. The summed E-state index contributed by atoms with van der Waals surface area (Å²) in [5.74, 6) is 0. The van der Waals surface area contributed by atoms with Crippen LogP contribution >= 0.6 is 0 Å². The first kappa shape index (κ1) is 33.8. The molecule has 0 aliphatic heterocycles. The van der Waals surface area contributed by atoms with Crippen molar-refractivity contribution in [3.05, 3.63) is 194 Å². The summed E-state index contributed by atoms with van der Waals surface area (Å²) in [5, 5.41) is 4.64. The van der Waals surface area contributed by atoms with Crippen molar-refractivity contribution >= 4 is 63.3 Å². The lowest BCUT2D eigenvalue weighted by atomic mass is 10.1. The number of fused-ring (bicyclic) bond motifs is 6. The fraction of sp³-hybridized carbons (Fsp3) is 0. The van der Waals surface area contributed by atoms with Crippen LogP contribution < -0.4 is 0 Å². The molecular weight excluding hydrogens is 733 g/mol. The molecule has 0 bridgehead atoms. The number of rotatable bonds is 7. The third-order valence-corrected chi connectivity index (χ3v) is 14.1. The molecular formula is C48H32N2O4S2. The van der Waals surface area contributed by atoms with Crippen LogP contribution in [0.1, 0.15) is 0 Å². The summed E-state index contributed by atoms with van der Waals surface area (Å²) < 4.78 is 60.2. The summed E-state index contributed by atoms with van der Waals surface area (Å²) in [5.41, 5.74) is 7.51.